The first kappa shape index (κ1) is 10.7. The molecule has 0 amide bonds. The maximum Gasteiger partial charge on any atom is 0.320 e. The zero-order valence-electron chi connectivity index (χ0n) is 6.84. The first-order chi connectivity index (χ1) is 5.13. The highest BCUT2D eigenvalue weighted by Gasteiger charge is 2.20. The Labute approximate surface area is 75.7 Å². The van der Waals surface area contributed by atoms with E-state index in [9.17, 15) is 4.79 Å². The number of carbonyl (C=O) groups excluding carboxylic acids is 1. The lowest BCUT2D eigenvalue weighted by Crippen LogP contribution is -2.22. The van der Waals surface area contributed by atoms with Gasteiger partial charge < -0.3 is 4.74 Å². The average Bonchev–Trinajstić information content (AvgIpc) is 2.02. The molecular formula is C8H13BrO2. The zero-order valence-corrected chi connectivity index (χ0v) is 8.43. The van der Waals surface area contributed by atoms with Crippen LogP contribution in [0.4, 0.5) is 0 Å². The summed E-state index contributed by atoms with van der Waals surface area (Å²) in [6.07, 6.45) is 1.72. The third kappa shape index (κ3) is 3.56. The van der Waals surface area contributed by atoms with E-state index in [1.807, 2.05) is 6.92 Å². The molecule has 0 fully saturated rings. The van der Waals surface area contributed by atoms with Crippen molar-refractivity contribution >= 4 is 21.9 Å². The van der Waals surface area contributed by atoms with Crippen LogP contribution in [0.1, 0.15) is 13.8 Å². The number of carbonyl (C=O) groups is 1. The van der Waals surface area contributed by atoms with Crippen LogP contribution in [0.2, 0.25) is 0 Å². The van der Waals surface area contributed by atoms with Gasteiger partial charge in [-0.1, -0.05) is 28.9 Å². The van der Waals surface area contributed by atoms with E-state index in [0.29, 0.717) is 6.61 Å². The van der Waals surface area contributed by atoms with Crippen molar-refractivity contribution in [1.29, 1.82) is 0 Å². The number of alkyl halides is 1. The van der Waals surface area contributed by atoms with Crippen molar-refractivity contribution in [3.63, 3.8) is 0 Å². The molecule has 3 heteroatoms. The van der Waals surface area contributed by atoms with Gasteiger partial charge in [0.15, 0.2) is 0 Å². The predicted octanol–water partition coefficient (Wildman–Crippen LogP) is 2.14. The molecule has 0 aliphatic carbocycles. The molecule has 0 aromatic carbocycles. The summed E-state index contributed by atoms with van der Waals surface area (Å²) in [5.74, 6) is -0.117. The fourth-order valence-corrected chi connectivity index (χ4v) is 0.904. The normalized spacial score (nSPS) is 15.2. The second kappa shape index (κ2) is 5.35. The second-order valence-electron chi connectivity index (χ2n) is 2.25. The largest absolute Gasteiger partial charge is 0.465 e. The predicted molar refractivity (Wildman–Crippen MR) is 48.7 cm³/mol. The van der Waals surface area contributed by atoms with Gasteiger partial charge in [-0.25, -0.2) is 0 Å². The molecule has 0 spiro atoms. The lowest BCUT2D eigenvalue weighted by Gasteiger charge is -2.12. The number of allylic oxidation sites excluding steroid dienone is 1. The van der Waals surface area contributed by atoms with Gasteiger partial charge in [0.25, 0.3) is 0 Å². The summed E-state index contributed by atoms with van der Waals surface area (Å²) >= 11 is 3.22. The Balaban J connectivity index is 3.90. The second-order valence-corrected chi connectivity index (χ2v) is 3.24. The van der Waals surface area contributed by atoms with Gasteiger partial charge >= 0.3 is 5.97 Å². The lowest BCUT2D eigenvalue weighted by molar-refractivity contribution is -0.142. The number of esters is 1. The van der Waals surface area contributed by atoms with E-state index in [0.717, 1.165) is 0 Å². The van der Waals surface area contributed by atoms with Crippen molar-refractivity contribution in [2.24, 2.45) is 5.92 Å². The quantitative estimate of drug-likeness (QED) is 0.413. The maximum absolute atomic E-state index is 11.0. The molecule has 2 nitrogen and oxygen atoms in total. The van der Waals surface area contributed by atoms with Crippen LogP contribution in [0.25, 0.3) is 0 Å². The van der Waals surface area contributed by atoms with Gasteiger partial charge in [-0.2, -0.15) is 0 Å². The van der Waals surface area contributed by atoms with Crippen molar-refractivity contribution in [3.05, 3.63) is 12.7 Å². The van der Waals surface area contributed by atoms with Crippen LogP contribution >= 0.6 is 15.9 Å². The van der Waals surface area contributed by atoms with E-state index < -0.39 is 0 Å². The maximum atomic E-state index is 11.0. The van der Waals surface area contributed by atoms with Crippen molar-refractivity contribution in [2.75, 3.05) is 6.61 Å². The van der Waals surface area contributed by atoms with Crippen molar-refractivity contribution in [3.8, 4) is 0 Å². The van der Waals surface area contributed by atoms with Crippen LogP contribution < -0.4 is 0 Å². The summed E-state index contributed by atoms with van der Waals surface area (Å²) in [5.41, 5.74) is 0. The molecule has 0 saturated heterocycles. The third-order valence-electron chi connectivity index (χ3n) is 1.35. The standard InChI is InChI=1S/C8H13BrO2/c1-4-6(3)7(9)8(10)11-5-2/h4,6-7H,1,5H2,2-3H3. The highest BCUT2D eigenvalue weighted by molar-refractivity contribution is 9.10. The minimum Gasteiger partial charge on any atom is -0.465 e. The van der Waals surface area contributed by atoms with E-state index in [-0.39, 0.29) is 16.7 Å². The summed E-state index contributed by atoms with van der Waals surface area (Å²) in [6, 6.07) is 0. The number of hydrogen-bond donors (Lipinski definition) is 0. The Morgan fingerprint density at radius 3 is 2.73 bits per heavy atom. The molecule has 0 aromatic heterocycles. The van der Waals surface area contributed by atoms with Gasteiger partial charge in [-0.15, -0.1) is 6.58 Å². The molecule has 64 valence electrons. The lowest BCUT2D eigenvalue weighted by atomic mass is 10.1. The molecule has 0 bridgehead atoms. The summed E-state index contributed by atoms with van der Waals surface area (Å²) in [7, 11) is 0. The molecule has 11 heavy (non-hydrogen) atoms. The molecular weight excluding hydrogens is 208 g/mol. The van der Waals surface area contributed by atoms with E-state index in [1.54, 1.807) is 13.0 Å². The summed E-state index contributed by atoms with van der Waals surface area (Å²) in [4.78, 5) is 10.8. The van der Waals surface area contributed by atoms with Crippen LogP contribution in [0.5, 0.6) is 0 Å². The van der Waals surface area contributed by atoms with E-state index in [2.05, 4.69) is 22.5 Å². The average molecular weight is 221 g/mol. The summed E-state index contributed by atoms with van der Waals surface area (Å²) in [5, 5.41) is 0. The fourth-order valence-electron chi connectivity index (χ4n) is 0.556. The minimum atomic E-state index is -0.264. The molecule has 2 atom stereocenters. The van der Waals surface area contributed by atoms with Gasteiger partial charge in [0.1, 0.15) is 4.83 Å². The monoisotopic (exact) mass is 220 g/mol. The topological polar surface area (TPSA) is 26.3 Å². The first-order valence-corrected chi connectivity index (χ1v) is 4.48. The molecule has 0 saturated carbocycles. The Morgan fingerprint density at radius 2 is 2.36 bits per heavy atom. The van der Waals surface area contributed by atoms with E-state index in [1.165, 1.54) is 0 Å². The van der Waals surface area contributed by atoms with Crippen molar-refractivity contribution in [2.45, 2.75) is 18.7 Å². The Kier molecular flexibility index (Phi) is 5.20. The van der Waals surface area contributed by atoms with Gasteiger partial charge in [-0.05, 0) is 12.8 Å². The number of ether oxygens (including phenoxy) is 1. The van der Waals surface area contributed by atoms with Crippen molar-refractivity contribution in [1.82, 2.24) is 0 Å². The number of rotatable bonds is 4. The van der Waals surface area contributed by atoms with Gasteiger partial charge in [0, 0.05) is 0 Å². The molecule has 0 aliphatic rings. The highest BCUT2D eigenvalue weighted by atomic mass is 79.9. The van der Waals surface area contributed by atoms with Gasteiger partial charge in [-0.3, -0.25) is 4.79 Å². The Bertz CT molecular complexity index is 145. The molecule has 0 heterocycles. The first-order valence-electron chi connectivity index (χ1n) is 3.56. The van der Waals surface area contributed by atoms with Gasteiger partial charge in [0.05, 0.1) is 6.61 Å². The van der Waals surface area contributed by atoms with Crippen molar-refractivity contribution < 1.29 is 9.53 Å². The van der Waals surface area contributed by atoms with Crippen LogP contribution in [-0.4, -0.2) is 17.4 Å². The summed E-state index contributed by atoms with van der Waals surface area (Å²) in [6.45, 7) is 7.70. The molecule has 2 unspecified atom stereocenters. The SMILES string of the molecule is C=CC(C)C(Br)C(=O)OCC. The van der Waals surface area contributed by atoms with Crippen LogP contribution in [0.3, 0.4) is 0 Å². The number of hydrogen-bond acceptors (Lipinski definition) is 2. The minimum absolute atomic E-state index is 0.106. The molecule has 0 aromatic rings. The van der Waals surface area contributed by atoms with Crippen LogP contribution in [-0.2, 0) is 9.53 Å². The van der Waals surface area contributed by atoms with Crippen LogP contribution in [0, 0.1) is 5.92 Å². The molecule has 0 rings (SSSR count). The van der Waals surface area contributed by atoms with Gasteiger partial charge in [0.2, 0.25) is 0 Å². The van der Waals surface area contributed by atoms with E-state index >= 15 is 0 Å². The number of halogens is 1. The molecule has 0 radical (unpaired) electrons. The Morgan fingerprint density at radius 1 is 1.82 bits per heavy atom. The fraction of sp³-hybridized carbons (Fsp3) is 0.625. The zero-order chi connectivity index (χ0) is 8.85. The molecule has 0 N–H and O–H groups in total. The van der Waals surface area contributed by atoms with Crippen LogP contribution in [0.15, 0.2) is 12.7 Å². The highest BCUT2D eigenvalue weighted by Crippen LogP contribution is 2.14. The smallest absolute Gasteiger partial charge is 0.320 e. The van der Waals surface area contributed by atoms with E-state index in [4.69, 9.17) is 4.74 Å². The molecule has 0 aliphatic heterocycles. The summed E-state index contributed by atoms with van der Waals surface area (Å²) < 4.78 is 4.79. The Hall–Kier alpha value is -0.310. The third-order valence-corrected chi connectivity index (χ3v) is 2.55.